The van der Waals surface area contributed by atoms with Gasteiger partial charge in [-0.3, -0.25) is 0 Å². The number of alkyl halides is 3. The van der Waals surface area contributed by atoms with Crippen molar-refractivity contribution in [2.45, 2.75) is 108 Å². The van der Waals surface area contributed by atoms with E-state index in [1.807, 2.05) is 49.6 Å². The van der Waals surface area contributed by atoms with Gasteiger partial charge < -0.3 is 44.2 Å². The Morgan fingerprint density at radius 2 is 0.962 bits per heavy atom. The Balaban J connectivity index is 0.000000181. The van der Waals surface area contributed by atoms with Crippen LogP contribution in [0.15, 0.2) is 131 Å². The second-order valence-electron chi connectivity index (χ2n) is 19.8. The molecule has 0 radical (unpaired) electrons. The first-order chi connectivity index (χ1) is 36.8. The molecule has 8 aromatic rings. The van der Waals surface area contributed by atoms with Crippen molar-refractivity contribution in [1.82, 2.24) is 18.8 Å². The highest BCUT2D eigenvalue weighted by Crippen LogP contribution is 2.38. The third-order valence-electron chi connectivity index (χ3n) is 14.0. The maximum absolute atomic E-state index is 13.0. The maximum atomic E-state index is 13.0. The highest BCUT2D eigenvalue weighted by atomic mass is 35.7. The normalized spacial score (nSPS) is 19.9. The lowest BCUT2D eigenvalue weighted by molar-refractivity contribution is -0.274. The second kappa shape index (κ2) is 25.3. The van der Waals surface area contributed by atoms with Crippen molar-refractivity contribution in [3.05, 3.63) is 149 Å². The molecule has 0 spiro atoms. The first-order valence-electron chi connectivity index (χ1n) is 25.7. The average molecular weight is 1140 g/mol. The van der Waals surface area contributed by atoms with Crippen LogP contribution in [0.2, 0.25) is 0 Å². The second-order valence-corrected chi connectivity index (χ2v) is 24.1. The highest BCUT2D eigenvalue weighted by molar-refractivity contribution is 8.13. The number of aliphatic hydroxyl groups is 2. The first kappa shape index (κ1) is 60.1. The number of fused-ring (bicyclic) bond motifs is 6. The monoisotopic (exact) mass is 1140 g/mol. The average Bonchev–Trinajstić information content (AvgIpc) is 4.02. The fourth-order valence-corrected chi connectivity index (χ4v) is 11.9. The molecule has 2 aliphatic rings. The zero-order valence-corrected chi connectivity index (χ0v) is 47.3. The number of nitrogens with zero attached hydrogens (tertiary/aromatic N) is 3. The van der Waals surface area contributed by atoms with Gasteiger partial charge in [-0.25, -0.2) is 21.6 Å². The van der Waals surface area contributed by atoms with E-state index in [1.54, 1.807) is 12.1 Å². The fraction of sp³-hybridized carbons (Fsp3) is 0.379. The number of hydrogen-bond acceptors (Lipinski definition) is 11. The van der Waals surface area contributed by atoms with Crippen molar-refractivity contribution in [2.24, 2.45) is 5.73 Å². The Hall–Kier alpha value is -5.58. The Labute approximate surface area is 458 Å². The molecule has 6 atom stereocenters. The number of halogens is 4. The standard InChI is InChI=1S/C26H25F3N2O5S.C19H22N2O2.C7H7ClO2S.C6H15N/c1-15-3-9-22-19(11-15)20-12-16(2)4-10-23(20)31(22)24-14-35-13-21(25(24)32)30-37(33,34)18-7-5-17(6-8-18)36-26(27,28)29;1-11-3-5-16-13(7-11)14-8-12(2)4-6-17(14)21(16)18-10-23-9-15(20)19(18)22;1-6-2-4-7(5-3-6)11(8,9)10;1-4-7(5-2)6-3/h3-12,21,24-25,30,32H,13-14H2,1-2H3;3-8,15,18-19,22H,9-10,20H2,1-2H3;2-5H,1H3;4-6H2,1-3H3/t21-,24+,25+;15-,18+,19+;;/m11../s1. The molecule has 6 aromatic carbocycles. The summed E-state index contributed by atoms with van der Waals surface area (Å²) in [5, 5.41) is 26.4. The molecular weight excluding hydrogens is 1070 g/mol. The van der Waals surface area contributed by atoms with Gasteiger partial charge in [0.1, 0.15) is 5.75 Å². The van der Waals surface area contributed by atoms with Gasteiger partial charge >= 0.3 is 6.36 Å². The molecule has 2 fully saturated rings. The van der Waals surface area contributed by atoms with E-state index in [0.717, 1.165) is 73.8 Å². The Bertz CT molecular complexity index is 3450. The van der Waals surface area contributed by atoms with E-state index in [2.05, 4.69) is 102 Å². The van der Waals surface area contributed by atoms with E-state index >= 15 is 0 Å². The predicted octanol–water partition coefficient (Wildman–Crippen LogP) is 10.5. The molecule has 0 amide bonds. The number of benzene rings is 6. The first-order valence-corrected chi connectivity index (χ1v) is 29.5. The van der Waals surface area contributed by atoms with E-state index in [1.165, 1.54) is 53.7 Å². The third-order valence-corrected chi connectivity index (χ3v) is 16.9. The molecule has 0 unspecified atom stereocenters. The van der Waals surface area contributed by atoms with Crippen LogP contribution in [0, 0.1) is 34.6 Å². The molecular formula is C58H69ClF3N5O9S2. The van der Waals surface area contributed by atoms with Gasteiger partial charge in [0.15, 0.2) is 0 Å². The van der Waals surface area contributed by atoms with Crippen LogP contribution in [-0.2, 0) is 28.5 Å². The molecule has 420 valence electrons. The topological polar surface area (TPSA) is 188 Å². The van der Waals surface area contributed by atoms with Gasteiger partial charge in [0, 0.05) is 54.3 Å². The van der Waals surface area contributed by atoms with Crippen molar-refractivity contribution in [3.8, 4) is 5.75 Å². The van der Waals surface area contributed by atoms with E-state index in [-0.39, 0.29) is 35.1 Å². The predicted molar refractivity (Wildman–Crippen MR) is 302 cm³/mol. The van der Waals surface area contributed by atoms with E-state index in [9.17, 15) is 40.2 Å². The number of nitrogens with one attached hydrogen (secondary N) is 1. The van der Waals surface area contributed by atoms with Gasteiger partial charge in [0.05, 0.1) is 72.6 Å². The Kier molecular flexibility index (Phi) is 19.4. The molecule has 20 heteroatoms. The molecule has 5 N–H and O–H groups in total. The van der Waals surface area contributed by atoms with Gasteiger partial charge in [0.2, 0.25) is 10.0 Å². The van der Waals surface area contributed by atoms with Crippen molar-refractivity contribution in [2.75, 3.05) is 46.1 Å². The minimum absolute atomic E-state index is 0.0679. The Morgan fingerprint density at radius 3 is 1.33 bits per heavy atom. The van der Waals surface area contributed by atoms with Crippen LogP contribution >= 0.6 is 10.7 Å². The van der Waals surface area contributed by atoms with E-state index < -0.39 is 55.5 Å². The van der Waals surface area contributed by atoms with Crippen LogP contribution in [-0.4, -0.2) is 118 Å². The number of aryl methyl sites for hydroxylation is 5. The summed E-state index contributed by atoms with van der Waals surface area (Å²) in [5.74, 6) is -0.538. The van der Waals surface area contributed by atoms with Crippen LogP contribution in [0.3, 0.4) is 0 Å². The van der Waals surface area contributed by atoms with Gasteiger partial charge in [-0.05, 0) is 139 Å². The number of rotatable bonds is 10. The zero-order chi connectivity index (χ0) is 56.9. The summed E-state index contributed by atoms with van der Waals surface area (Å²) in [5.41, 5.74) is 15.7. The van der Waals surface area contributed by atoms with Crippen LogP contribution in [0.4, 0.5) is 13.2 Å². The minimum atomic E-state index is -4.89. The number of sulfonamides is 1. The maximum Gasteiger partial charge on any atom is 0.573 e. The summed E-state index contributed by atoms with van der Waals surface area (Å²) in [6, 6.07) is 33.1. The largest absolute Gasteiger partial charge is 0.573 e. The number of aromatic nitrogens is 2. The molecule has 2 aromatic heterocycles. The highest BCUT2D eigenvalue weighted by Gasteiger charge is 2.38. The van der Waals surface area contributed by atoms with E-state index in [0.29, 0.717) is 13.2 Å². The molecule has 0 saturated carbocycles. The van der Waals surface area contributed by atoms with Crippen LogP contribution in [0.5, 0.6) is 5.75 Å². The van der Waals surface area contributed by atoms with Crippen molar-refractivity contribution >= 4 is 73.4 Å². The van der Waals surface area contributed by atoms with Gasteiger partial charge in [-0.2, -0.15) is 0 Å². The number of nitrogens with two attached hydrogens (primary N) is 1. The van der Waals surface area contributed by atoms with E-state index in [4.69, 9.17) is 25.9 Å². The van der Waals surface area contributed by atoms with Gasteiger partial charge in [0.25, 0.3) is 9.05 Å². The lowest BCUT2D eigenvalue weighted by Gasteiger charge is -2.36. The molecule has 0 aliphatic carbocycles. The number of ether oxygens (including phenoxy) is 3. The van der Waals surface area contributed by atoms with Crippen molar-refractivity contribution in [1.29, 1.82) is 0 Å². The minimum Gasteiger partial charge on any atom is -0.406 e. The van der Waals surface area contributed by atoms with Gasteiger partial charge in [-0.15, -0.1) is 13.2 Å². The molecule has 78 heavy (non-hydrogen) atoms. The molecule has 4 heterocycles. The third kappa shape index (κ3) is 14.2. The SMILES string of the molecule is CCN(CC)CC.Cc1ccc(S(=O)(=O)Cl)cc1.Cc1ccc2c(c1)c1cc(C)ccc1n2[C@H]1COC[C@@H](N)[C@@H]1O.Cc1ccc2c(c1)c1cc(C)ccc1n2[C@H]1COC[C@@H](NS(=O)(=O)c2ccc(OC(F)(F)F)cc2)[C@@H]1O. The molecule has 2 saturated heterocycles. The summed E-state index contributed by atoms with van der Waals surface area (Å²) in [4.78, 5) is 2.25. The molecule has 2 aliphatic heterocycles. The number of aliphatic hydroxyl groups excluding tert-OH is 2. The quantitative estimate of drug-likeness (QED) is 0.0955. The molecule has 10 rings (SSSR count). The van der Waals surface area contributed by atoms with Crippen LogP contribution in [0.25, 0.3) is 43.6 Å². The zero-order valence-electron chi connectivity index (χ0n) is 45.0. The molecule has 14 nitrogen and oxygen atoms in total. The Morgan fingerprint density at radius 1 is 0.590 bits per heavy atom. The summed E-state index contributed by atoms with van der Waals surface area (Å²) in [7, 11) is -2.64. The van der Waals surface area contributed by atoms with Crippen molar-refractivity contribution < 1.29 is 54.4 Å². The van der Waals surface area contributed by atoms with Gasteiger partial charge in [-0.1, -0.05) is 85.0 Å². The summed E-state index contributed by atoms with van der Waals surface area (Å²) in [6.45, 7) is 21.2. The van der Waals surface area contributed by atoms with Crippen LogP contribution < -0.4 is 15.2 Å². The summed E-state index contributed by atoms with van der Waals surface area (Å²) < 4.78 is 106. The van der Waals surface area contributed by atoms with Crippen LogP contribution in [0.1, 0.15) is 60.7 Å². The summed E-state index contributed by atoms with van der Waals surface area (Å²) in [6.07, 6.45) is -6.63. The summed E-state index contributed by atoms with van der Waals surface area (Å²) >= 11 is 0. The van der Waals surface area contributed by atoms with Crippen molar-refractivity contribution in [3.63, 3.8) is 0 Å². The molecule has 0 bridgehead atoms. The smallest absolute Gasteiger partial charge is 0.406 e. The fourth-order valence-electron chi connectivity index (χ4n) is 9.88. The lowest BCUT2D eigenvalue weighted by Crippen LogP contribution is -2.53. The lowest BCUT2D eigenvalue weighted by atomic mass is 10.0. The number of hydrogen-bond donors (Lipinski definition) is 4.